The van der Waals surface area contributed by atoms with Gasteiger partial charge in [-0.3, -0.25) is 5.10 Å². The second-order valence-electron chi connectivity index (χ2n) is 4.41. The van der Waals surface area contributed by atoms with E-state index >= 15 is 0 Å². The van der Waals surface area contributed by atoms with Gasteiger partial charge in [-0.05, 0) is 24.6 Å². The minimum atomic E-state index is -1.09. The van der Waals surface area contributed by atoms with Gasteiger partial charge in [0.15, 0.2) is 11.5 Å². The van der Waals surface area contributed by atoms with Gasteiger partial charge in [0.05, 0.1) is 6.20 Å². The molecule has 2 aromatic rings. The molecule has 100 valence electrons. The molecule has 0 saturated heterocycles. The number of halogens is 1. The van der Waals surface area contributed by atoms with Crippen molar-refractivity contribution in [3.05, 3.63) is 23.9 Å². The highest BCUT2D eigenvalue weighted by Gasteiger charge is 2.22. The average Bonchev–Trinajstić information content (AvgIpc) is 2.83. The molecular weight excluding hydrogens is 249 g/mol. The van der Waals surface area contributed by atoms with Gasteiger partial charge in [-0.15, -0.1) is 0 Å². The smallest absolute Gasteiger partial charge is 0.169 e. The van der Waals surface area contributed by atoms with Gasteiger partial charge in [0.25, 0.3) is 0 Å². The zero-order valence-electron chi connectivity index (χ0n) is 10.4. The van der Waals surface area contributed by atoms with Gasteiger partial charge < -0.3 is 15.2 Å². The van der Waals surface area contributed by atoms with Gasteiger partial charge in [-0.2, -0.15) is 5.10 Å². The van der Waals surface area contributed by atoms with E-state index in [1.807, 2.05) is 0 Å². The van der Waals surface area contributed by atoms with Gasteiger partial charge in [-0.25, -0.2) is 4.39 Å². The maximum Gasteiger partial charge on any atom is 0.169 e. The minimum Gasteiger partial charge on any atom is -0.486 e. The van der Waals surface area contributed by atoms with E-state index in [1.165, 1.54) is 6.92 Å². The van der Waals surface area contributed by atoms with E-state index < -0.39 is 6.17 Å². The van der Waals surface area contributed by atoms with E-state index in [-0.39, 0.29) is 0 Å². The summed E-state index contributed by atoms with van der Waals surface area (Å²) in [6.07, 6.45) is 0.498. The number of nitrogens with two attached hydrogens (primary N) is 1. The number of nitrogens with one attached hydrogen (secondary N) is 1. The number of fused-ring (bicyclic) bond motifs is 1. The van der Waals surface area contributed by atoms with Crippen LogP contribution in [0, 0.1) is 0 Å². The van der Waals surface area contributed by atoms with Gasteiger partial charge in [0.1, 0.15) is 25.2 Å². The van der Waals surface area contributed by atoms with Crippen molar-refractivity contribution in [1.82, 2.24) is 10.2 Å². The second kappa shape index (κ2) is 4.46. The number of anilines is 1. The Kier molecular flexibility index (Phi) is 2.77. The predicted octanol–water partition coefficient (Wildman–Crippen LogP) is 2.46. The van der Waals surface area contributed by atoms with Crippen molar-refractivity contribution in [3.63, 3.8) is 0 Å². The quantitative estimate of drug-likeness (QED) is 0.873. The Labute approximate surface area is 109 Å². The summed E-state index contributed by atoms with van der Waals surface area (Å²) in [4.78, 5) is 0. The van der Waals surface area contributed by atoms with Crippen LogP contribution in [-0.2, 0) is 0 Å². The summed E-state index contributed by atoms with van der Waals surface area (Å²) in [5, 5.41) is 6.54. The molecule has 0 amide bonds. The van der Waals surface area contributed by atoms with Gasteiger partial charge in [-0.1, -0.05) is 0 Å². The third kappa shape index (κ3) is 1.99. The number of H-pyrrole nitrogens is 1. The first-order valence-electron chi connectivity index (χ1n) is 6.03. The molecule has 1 aliphatic rings. The van der Waals surface area contributed by atoms with Gasteiger partial charge in [0.2, 0.25) is 0 Å². The summed E-state index contributed by atoms with van der Waals surface area (Å²) in [7, 11) is 0. The number of nitrogen functional groups attached to an aromatic ring is 1. The molecule has 3 N–H and O–H groups in total. The summed E-state index contributed by atoms with van der Waals surface area (Å²) >= 11 is 0. The largest absolute Gasteiger partial charge is 0.486 e. The predicted molar refractivity (Wildman–Crippen MR) is 68.9 cm³/mol. The normalized spacial score (nSPS) is 15.3. The number of nitrogens with zero attached hydrogens (tertiary/aromatic N) is 1. The van der Waals surface area contributed by atoms with Crippen molar-refractivity contribution < 1.29 is 13.9 Å². The zero-order chi connectivity index (χ0) is 13.4. The van der Waals surface area contributed by atoms with Crippen LogP contribution in [0.5, 0.6) is 11.5 Å². The molecule has 2 heterocycles. The van der Waals surface area contributed by atoms with Crippen LogP contribution >= 0.6 is 0 Å². The number of hydrogen-bond donors (Lipinski definition) is 2. The van der Waals surface area contributed by atoms with Crippen molar-refractivity contribution in [2.45, 2.75) is 13.1 Å². The minimum absolute atomic E-state index is 0.417. The molecule has 0 fully saturated rings. The lowest BCUT2D eigenvalue weighted by molar-refractivity contribution is 0.172. The van der Waals surface area contributed by atoms with Crippen LogP contribution in [0.4, 0.5) is 10.2 Å². The first kappa shape index (κ1) is 11.8. The van der Waals surface area contributed by atoms with Crippen LogP contribution in [0.25, 0.3) is 11.1 Å². The summed E-state index contributed by atoms with van der Waals surface area (Å²) in [5.41, 5.74) is 7.73. The van der Waals surface area contributed by atoms with Crippen LogP contribution < -0.4 is 15.2 Å². The Bertz CT molecular complexity index is 610. The Morgan fingerprint density at radius 2 is 2.11 bits per heavy atom. The third-order valence-electron chi connectivity index (χ3n) is 3.08. The molecule has 0 radical (unpaired) electrons. The average molecular weight is 263 g/mol. The fraction of sp³-hybridized carbons (Fsp3) is 0.308. The Morgan fingerprint density at radius 1 is 1.32 bits per heavy atom. The molecule has 6 heteroatoms. The first-order valence-corrected chi connectivity index (χ1v) is 6.03. The molecule has 0 spiro atoms. The summed E-state index contributed by atoms with van der Waals surface area (Å²) < 4.78 is 24.7. The number of benzene rings is 1. The molecular formula is C13H14FN3O2. The van der Waals surface area contributed by atoms with Crippen LogP contribution in [0.3, 0.4) is 0 Å². The Hall–Kier alpha value is -2.24. The molecule has 19 heavy (non-hydrogen) atoms. The fourth-order valence-corrected chi connectivity index (χ4v) is 2.12. The number of ether oxygens (including phenoxy) is 2. The van der Waals surface area contributed by atoms with E-state index in [1.54, 1.807) is 18.3 Å². The molecule has 0 bridgehead atoms. The van der Waals surface area contributed by atoms with Gasteiger partial charge in [0, 0.05) is 11.1 Å². The summed E-state index contributed by atoms with van der Waals surface area (Å²) in [6.45, 7) is 2.40. The molecule has 5 nitrogen and oxygen atoms in total. The highest BCUT2D eigenvalue weighted by atomic mass is 19.1. The summed E-state index contributed by atoms with van der Waals surface area (Å²) in [5.74, 6) is 1.55. The molecule has 1 aromatic heterocycles. The molecule has 3 rings (SSSR count). The van der Waals surface area contributed by atoms with Crippen molar-refractivity contribution in [2.24, 2.45) is 0 Å². The van der Waals surface area contributed by atoms with Crippen molar-refractivity contribution in [1.29, 1.82) is 0 Å². The lowest BCUT2D eigenvalue weighted by Crippen LogP contribution is -2.16. The number of aromatic nitrogens is 2. The number of hydrogen-bond acceptors (Lipinski definition) is 4. The molecule has 0 saturated carbocycles. The topological polar surface area (TPSA) is 73.2 Å². The first-order chi connectivity index (χ1) is 9.16. The number of alkyl halides is 1. The lowest BCUT2D eigenvalue weighted by atomic mass is 10.0. The standard InChI is InChI=1S/C13H14FN3O2/c1-7(14)8-4-9(10-6-16-17-13(10)15)12-11(5-8)18-2-3-19-12/h4-7H,2-3H2,1H3,(H3,15,16,17). The van der Waals surface area contributed by atoms with Crippen molar-refractivity contribution in [3.8, 4) is 22.6 Å². The molecule has 1 unspecified atom stereocenters. The fourth-order valence-electron chi connectivity index (χ4n) is 2.12. The van der Waals surface area contributed by atoms with E-state index in [0.29, 0.717) is 47.2 Å². The SMILES string of the molecule is CC(F)c1cc2c(c(-c3cn[nH]c3N)c1)OCCO2. The molecule has 0 aliphatic carbocycles. The maximum atomic E-state index is 13.6. The highest BCUT2D eigenvalue weighted by molar-refractivity contribution is 5.81. The third-order valence-corrected chi connectivity index (χ3v) is 3.08. The zero-order valence-corrected chi connectivity index (χ0v) is 10.4. The molecule has 1 aliphatic heterocycles. The number of rotatable bonds is 2. The van der Waals surface area contributed by atoms with Crippen LogP contribution in [-0.4, -0.2) is 23.4 Å². The van der Waals surface area contributed by atoms with Crippen molar-refractivity contribution >= 4 is 5.82 Å². The summed E-state index contributed by atoms with van der Waals surface area (Å²) in [6, 6.07) is 3.39. The second-order valence-corrected chi connectivity index (χ2v) is 4.41. The van der Waals surface area contributed by atoms with E-state index in [4.69, 9.17) is 15.2 Å². The van der Waals surface area contributed by atoms with Gasteiger partial charge >= 0.3 is 0 Å². The lowest BCUT2D eigenvalue weighted by Gasteiger charge is -2.22. The monoisotopic (exact) mass is 263 g/mol. The van der Waals surface area contributed by atoms with Crippen LogP contribution in [0.15, 0.2) is 18.3 Å². The van der Waals surface area contributed by atoms with Crippen molar-refractivity contribution in [2.75, 3.05) is 18.9 Å². The van der Waals surface area contributed by atoms with Crippen LogP contribution in [0.2, 0.25) is 0 Å². The Morgan fingerprint density at radius 3 is 2.79 bits per heavy atom. The van der Waals surface area contributed by atoms with E-state index in [0.717, 1.165) is 0 Å². The Balaban J connectivity index is 2.21. The maximum absolute atomic E-state index is 13.6. The van der Waals surface area contributed by atoms with E-state index in [9.17, 15) is 4.39 Å². The number of aromatic amines is 1. The molecule has 1 aromatic carbocycles. The van der Waals surface area contributed by atoms with E-state index in [2.05, 4.69) is 10.2 Å². The molecule has 1 atom stereocenters. The highest BCUT2D eigenvalue weighted by Crippen LogP contribution is 2.43. The van der Waals surface area contributed by atoms with Crippen LogP contribution in [0.1, 0.15) is 18.7 Å².